The Morgan fingerprint density at radius 1 is 1.47 bits per heavy atom. The van der Waals surface area contributed by atoms with Gasteiger partial charge in [-0.05, 0) is 17.7 Å². The van der Waals surface area contributed by atoms with E-state index in [0.717, 1.165) is 14.8 Å². The summed E-state index contributed by atoms with van der Waals surface area (Å²) in [5.41, 5.74) is 0.875. The van der Waals surface area contributed by atoms with Gasteiger partial charge in [-0.25, -0.2) is 4.98 Å². The van der Waals surface area contributed by atoms with Crippen molar-refractivity contribution in [3.05, 3.63) is 40.4 Å². The molecule has 0 unspecified atom stereocenters. The molecule has 0 saturated carbocycles. The van der Waals surface area contributed by atoms with Crippen molar-refractivity contribution in [1.82, 2.24) is 4.98 Å². The summed E-state index contributed by atoms with van der Waals surface area (Å²) in [6.45, 7) is 0.0187. The molecule has 78 valence electrons. The number of aliphatic hydroxyl groups is 1. The summed E-state index contributed by atoms with van der Waals surface area (Å²) in [7, 11) is 0. The molecule has 0 aliphatic carbocycles. The first-order chi connectivity index (χ1) is 7.29. The highest BCUT2D eigenvalue weighted by atomic mass is 35.5. The third-order valence-corrected chi connectivity index (χ3v) is 4.03. The molecule has 0 aliphatic rings. The lowest BCUT2D eigenvalue weighted by Crippen LogP contribution is -1.86. The summed E-state index contributed by atoms with van der Waals surface area (Å²) in [4.78, 5) is 5.13. The van der Waals surface area contributed by atoms with Crippen LogP contribution < -0.4 is 0 Å². The molecule has 1 aromatic carbocycles. The number of aliphatic hydroxyl groups excluding tert-OH is 1. The Morgan fingerprint density at radius 2 is 2.33 bits per heavy atom. The maximum atomic E-state index is 9.16. The molecule has 15 heavy (non-hydrogen) atoms. The molecule has 2 aromatic rings. The second-order valence-electron chi connectivity index (χ2n) is 2.81. The third kappa shape index (κ3) is 2.72. The van der Waals surface area contributed by atoms with Gasteiger partial charge in [-0.3, -0.25) is 0 Å². The van der Waals surface area contributed by atoms with Crippen LogP contribution in [-0.2, 0) is 6.61 Å². The molecule has 1 heterocycles. The molecule has 0 amide bonds. The second-order valence-corrected chi connectivity index (χ2v) is 5.43. The molecular weight excluding hydrogens is 250 g/mol. The van der Waals surface area contributed by atoms with E-state index in [4.69, 9.17) is 16.7 Å². The summed E-state index contributed by atoms with van der Waals surface area (Å²) in [5, 5.41) is 11.8. The Labute approximate surface area is 101 Å². The number of benzene rings is 1. The summed E-state index contributed by atoms with van der Waals surface area (Å²) in [6, 6.07) is 5.45. The zero-order chi connectivity index (χ0) is 10.7. The Bertz CT molecular complexity index is 445. The average molecular weight is 258 g/mol. The molecule has 0 atom stereocenters. The van der Waals surface area contributed by atoms with Crippen LogP contribution in [0.4, 0.5) is 0 Å². The maximum absolute atomic E-state index is 9.16. The van der Waals surface area contributed by atoms with Crippen molar-refractivity contribution in [1.29, 1.82) is 0 Å². The van der Waals surface area contributed by atoms with Crippen molar-refractivity contribution in [3.8, 4) is 0 Å². The zero-order valence-corrected chi connectivity index (χ0v) is 10.1. The van der Waals surface area contributed by atoms with Gasteiger partial charge in [-0.2, -0.15) is 0 Å². The van der Waals surface area contributed by atoms with Crippen LogP contribution >= 0.6 is 34.7 Å². The van der Waals surface area contributed by atoms with E-state index in [1.54, 1.807) is 23.6 Å². The first-order valence-corrected chi connectivity index (χ1v) is 6.33. The summed E-state index contributed by atoms with van der Waals surface area (Å²) in [5.74, 6) is 0. The molecule has 0 radical (unpaired) electrons. The van der Waals surface area contributed by atoms with Gasteiger partial charge in [-0.15, -0.1) is 11.3 Å². The van der Waals surface area contributed by atoms with E-state index in [-0.39, 0.29) is 6.61 Å². The highest BCUT2D eigenvalue weighted by Gasteiger charge is 2.06. The minimum atomic E-state index is 0.0187. The van der Waals surface area contributed by atoms with E-state index in [0.29, 0.717) is 5.02 Å². The quantitative estimate of drug-likeness (QED) is 0.914. The smallest absolute Gasteiger partial charge is 0.154 e. The first kappa shape index (κ1) is 11.0. The lowest BCUT2D eigenvalue weighted by Gasteiger charge is -2.05. The number of hydrogen-bond acceptors (Lipinski definition) is 4. The van der Waals surface area contributed by atoms with Crippen molar-refractivity contribution in [2.75, 3.05) is 0 Å². The zero-order valence-electron chi connectivity index (χ0n) is 7.68. The van der Waals surface area contributed by atoms with Crippen molar-refractivity contribution in [2.45, 2.75) is 15.8 Å². The van der Waals surface area contributed by atoms with Crippen LogP contribution in [-0.4, -0.2) is 10.1 Å². The lowest BCUT2D eigenvalue weighted by molar-refractivity contribution is 0.279. The molecule has 0 saturated heterocycles. The van der Waals surface area contributed by atoms with Gasteiger partial charge in [0.15, 0.2) is 4.34 Å². The molecule has 0 fully saturated rings. The monoisotopic (exact) mass is 257 g/mol. The van der Waals surface area contributed by atoms with Crippen LogP contribution in [0, 0.1) is 0 Å². The molecule has 1 aromatic heterocycles. The van der Waals surface area contributed by atoms with Gasteiger partial charge in [0.05, 0.1) is 6.61 Å². The Morgan fingerprint density at radius 3 is 3.00 bits per heavy atom. The molecule has 0 bridgehead atoms. The topological polar surface area (TPSA) is 33.1 Å². The predicted octanol–water partition coefficient (Wildman–Crippen LogP) is 3.44. The van der Waals surface area contributed by atoms with Crippen LogP contribution in [0.15, 0.2) is 39.0 Å². The highest BCUT2D eigenvalue weighted by molar-refractivity contribution is 8.01. The van der Waals surface area contributed by atoms with Crippen LogP contribution in [0.25, 0.3) is 0 Å². The number of nitrogens with zero attached hydrogens (tertiary/aromatic N) is 1. The predicted molar refractivity (Wildman–Crippen MR) is 63.6 cm³/mol. The molecule has 1 N–H and O–H groups in total. The van der Waals surface area contributed by atoms with Gasteiger partial charge in [0.2, 0.25) is 0 Å². The fraction of sp³-hybridized carbons (Fsp3) is 0.100. The van der Waals surface area contributed by atoms with Gasteiger partial charge in [0.25, 0.3) is 0 Å². The number of halogens is 1. The molecule has 2 nitrogen and oxygen atoms in total. The van der Waals surface area contributed by atoms with E-state index >= 15 is 0 Å². The third-order valence-electron chi connectivity index (χ3n) is 1.81. The Hall–Kier alpha value is -0.550. The summed E-state index contributed by atoms with van der Waals surface area (Å²) in [6.07, 6.45) is 1.76. The van der Waals surface area contributed by atoms with E-state index in [1.807, 2.05) is 17.5 Å². The average Bonchev–Trinajstić information content (AvgIpc) is 2.71. The van der Waals surface area contributed by atoms with Gasteiger partial charge in [0.1, 0.15) is 0 Å². The van der Waals surface area contributed by atoms with E-state index in [2.05, 4.69) is 4.98 Å². The molecule has 0 spiro atoms. The van der Waals surface area contributed by atoms with Gasteiger partial charge >= 0.3 is 0 Å². The van der Waals surface area contributed by atoms with Crippen LogP contribution in [0.5, 0.6) is 0 Å². The van der Waals surface area contributed by atoms with E-state index < -0.39 is 0 Å². The fourth-order valence-corrected chi connectivity index (χ4v) is 3.09. The van der Waals surface area contributed by atoms with Crippen LogP contribution in [0.2, 0.25) is 5.02 Å². The van der Waals surface area contributed by atoms with Gasteiger partial charge in [-0.1, -0.05) is 29.4 Å². The van der Waals surface area contributed by atoms with Crippen molar-refractivity contribution in [2.24, 2.45) is 0 Å². The standard InChI is InChI=1S/C10H8ClNOS2/c11-8-2-1-7(6-13)9(5-8)15-10-12-3-4-14-10/h1-5,13H,6H2. The number of thiazole rings is 1. The second kappa shape index (κ2) is 4.99. The summed E-state index contributed by atoms with van der Waals surface area (Å²) >= 11 is 8.99. The minimum Gasteiger partial charge on any atom is -0.392 e. The Kier molecular flexibility index (Phi) is 3.64. The normalized spacial score (nSPS) is 10.5. The van der Waals surface area contributed by atoms with Gasteiger partial charge < -0.3 is 5.11 Å². The van der Waals surface area contributed by atoms with Crippen LogP contribution in [0.1, 0.15) is 5.56 Å². The first-order valence-electron chi connectivity index (χ1n) is 4.26. The molecule has 5 heteroatoms. The fourth-order valence-electron chi connectivity index (χ4n) is 1.11. The van der Waals surface area contributed by atoms with Crippen molar-refractivity contribution < 1.29 is 5.11 Å². The SMILES string of the molecule is OCc1ccc(Cl)cc1Sc1nccs1. The van der Waals surface area contributed by atoms with Crippen LogP contribution in [0.3, 0.4) is 0 Å². The Balaban J connectivity index is 2.30. The molecule has 0 aliphatic heterocycles. The number of hydrogen-bond donors (Lipinski definition) is 1. The number of rotatable bonds is 3. The van der Waals surface area contributed by atoms with Crippen molar-refractivity contribution >= 4 is 34.7 Å². The largest absolute Gasteiger partial charge is 0.392 e. The summed E-state index contributed by atoms with van der Waals surface area (Å²) < 4.78 is 0.951. The molecule has 2 rings (SSSR count). The highest BCUT2D eigenvalue weighted by Crippen LogP contribution is 2.33. The van der Waals surface area contributed by atoms with Gasteiger partial charge in [0, 0.05) is 21.5 Å². The maximum Gasteiger partial charge on any atom is 0.154 e. The van der Waals surface area contributed by atoms with Crippen molar-refractivity contribution in [3.63, 3.8) is 0 Å². The number of aromatic nitrogens is 1. The van der Waals surface area contributed by atoms with E-state index in [9.17, 15) is 0 Å². The minimum absolute atomic E-state index is 0.0187. The van der Waals surface area contributed by atoms with E-state index in [1.165, 1.54) is 11.8 Å². The lowest BCUT2D eigenvalue weighted by atomic mass is 10.2. The molecular formula is C10H8ClNOS2.